The second-order valence-electron chi connectivity index (χ2n) is 3.99. The third-order valence-corrected chi connectivity index (χ3v) is 3.97. The van der Waals surface area contributed by atoms with Crippen molar-refractivity contribution < 1.29 is 12.8 Å². The van der Waals surface area contributed by atoms with Crippen LogP contribution in [0.5, 0.6) is 0 Å². The lowest BCUT2D eigenvalue weighted by Gasteiger charge is -2.09. The molecule has 0 fully saturated rings. The SMILES string of the molecule is Cc1cc(F)ccc1S(=O)(=O)Nc1ccc(N)cn1. The van der Waals surface area contributed by atoms with E-state index in [1.54, 1.807) is 0 Å². The summed E-state index contributed by atoms with van der Waals surface area (Å²) < 4.78 is 39.5. The number of aryl methyl sites for hydroxylation is 1. The van der Waals surface area contributed by atoms with Crippen LogP contribution < -0.4 is 10.5 Å². The summed E-state index contributed by atoms with van der Waals surface area (Å²) in [4.78, 5) is 3.85. The van der Waals surface area contributed by atoms with E-state index >= 15 is 0 Å². The largest absolute Gasteiger partial charge is 0.397 e. The number of halogens is 1. The van der Waals surface area contributed by atoms with Gasteiger partial charge in [-0.1, -0.05) is 0 Å². The van der Waals surface area contributed by atoms with Gasteiger partial charge in [-0.05, 0) is 42.8 Å². The van der Waals surface area contributed by atoms with Gasteiger partial charge < -0.3 is 5.73 Å². The van der Waals surface area contributed by atoms with Crippen molar-refractivity contribution in [3.63, 3.8) is 0 Å². The molecule has 0 amide bonds. The summed E-state index contributed by atoms with van der Waals surface area (Å²) in [6.45, 7) is 1.52. The molecule has 0 aliphatic carbocycles. The highest BCUT2D eigenvalue weighted by Gasteiger charge is 2.17. The Morgan fingerprint density at radius 3 is 2.58 bits per heavy atom. The van der Waals surface area contributed by atoms with E-state index in [1.165, 1.54) is 31.3 Å². The minimum absolute atomic E-state index is 0.00697. The molecule has 5 nitrogen and oxygen atoms in total. The molecule has 0 saturated carbocycles. The maximum Gasteiger partial charge on any atom is 0.263 e. The first kappa shape index (κ1) is 13.3. The number of anilines is 2. The average Bonchev–Trinajstić information content (AvgIpc) is 2.31. The molecule has 0 bridgehead atoms. The lowest BCUT2D eigenvalue weighted by atomic mass is 10.2. The summed E-state index contributed by atoms with van der Waals surface area (Å²) >= 11 is 0. The van der Waals surface area contributed by atoms with E-state index in [0.717, 1.165) is 12.1 Å². The van der Waals surface area contributed by atoms with Crippen molar-refractivity contribution in [3.05, 3.63) is 47.9 Å². The first-order chi connectivity index (χ1) is 8.88. The normalized spacial score (nSPS) is 11.3. The van der Waals surface area contributed by atoms with E-state index in [2.05, 4.69) is 9.71 Å². The smallest absolute Gasteiger partial charge is 0.263 e. The summed E-state index contributed by atoms with van der Waals surface area (Å²) in [6, 6.07) is 6.45. The van der Waals surface area contributed by atoms with Gasteiger partial charge in [0.05, 0.1) is 16.8 Å². The molecule has 2 aromatic rings. The molecule has 0 saturated heterocycles. The topological polar surface area (TPSA) is 85.1 Å². The number of benzene rings is 1. The van der Waals surface area contributed by atoms with Crippen LogP contribution >= 0.6 is 0 Å². The second-order valence-corrected chi connectivity index (χ2v) is 5.64. The molecule has 1 heterocycles. The highest BCUT2D eigenvalue weighted by atomic mass is 32.2. The van der Waals surface area contributed by atoms with E-state index in [1.807, 2.05) is 0 Å². The number of nitrogen functional groups attached to an aromatic ring is 1. The van der Waals surface area contributed by atoms with Gasteiger partial charge in [0.15, 0.2) is 0 Å². The molecule has 0 unspecified atom stereocenters. The minimum atomic E-state index is -3.79. The van der Waals surface area contributed by atoms with Crippen molar-refractivity contribution in [2.45, 2.75) is 11.8 Å². The van der Waals surface area contributed by atoms with Crippen LogP contribution in [0.25, 0.3) is 0 Å². The third kappa shape index (κ3) is 3.00. The molecule has 0 aliphatic rings. The van der Waals surface area contributed by atoms with Gasteiger partial charge in [-0.15, -0.1) is 0 Å². The molecule has 0 atom stereocenters. The molecule has 0 radical (unpaired) electrons. The van der Waals surface area contributed by atoms with Crippen LogP contribution in [0.2, 0.25) is 0 Å². The number of hydrogen-bond acceptors (Lipinski definition) is 4. The average molecular weight is 281 g/mol. The zero-order valence-electron chi connectivity index (χ0n) is 10.1. The van der Waals surface area contributed by atoms with Gasteiger partial charge in [0.2, 0.25) is 0 Å². The number of nitrogens with one attached hydrogen (secondary N) is 1. The third-order valence-electron chi connectivity index (χ3n) is 2.45. The molecule has 1 aromatic carbocycles. The van der Waals surface area contributed by atoms with E-state index in [9.17, 15) is 12.8 Å². The van der Waals surface area contributed by atoms with Gasteiger partial charge in [0.1, 0.15) is 11.6 Å². The fourth-order valence-corrected chi connectivity index (χ4v) is 2.81. The molecule has 0 aliphatic heterocycles. The summed E-state index contributed by atoms with van der Waals surface area (Å²) in [5.41, 5.74) is 6.21. The van der Waals surface area contributed by atoms with Crippen LogP contribution in [-0.4, -0.2) is 13.4 Å². The Labute approximate surface area is 110 Å². The van der Waals surface area contributed by atoms with Gasteiger partial charge in [-0.3, -0.25) is 4.72 Å². The second kappa shape index (κ2) is 4.85. The maximum absolute atomic E-state index is 13.0. The Morgan fingerprint density at radius 2 is 2.00 bits per heavy atom. The van der Waals surface area contributed by atoms with Crippen molar-refractivity contribution in [1.82, 2.24) is 4.98 Å². The molecule has 100 valence electrons. The van der Waals surface area contributed by atoms with Crippen LogP contribution in [0.15, 0.2) is 41.4 Å². The molecule has 2 rings (SSSR count). The minimum Gasteiger partial charge on any atom is -0.397 e. The number of rotatable bonds is 3. The zero-order chi connectivity index (χ0) is 14.0. The number of aromatic nitrogens is 1. The van der Waals surface area contributed by atoms with E-state index in [4.69, 9.17) is 5.73 Å². The summed E-state index contributed by atoms with van der Waals surface area (Å²) in [5.74, 6) is -0.333. The molecule has 3 N–H and O–H groups in total. The number of sulfonamides is 1. The van der Waals surface area contributed by atoms with Crippen LogP contribution in [0.3, 0.4) is 0 Å². The molecule has 19 heavy (non-hydrogen) atoms. The van der Waals surface area contributed by atoms with Crippen molar-refractivity contribution >= 4 is 21.5 Å². The number of hydrogen-bond donors (Lipinski definition) is 2. The Morgan fingerprint density at radius 1 is 1.26 bits per heavy atom. The summed E-state index contributed by atoms with van der Waals surface area (Å²) in [5, 5.41) is 0. The molecular formula is C12H12FN3O2S. The van der Waals surface area contributed by atoms with E-state index in [-0.39, 0.29) is 10.7 Å². The quantitative estimate of drug-likeness (QED) is 0.900. The zero-order valence-corrected chi connectivity index (χ0v) is 10.9. The summed E-state index contributed by atoms with van der Waals surface area (Å²) in [7, 11) is -3.79. The fourth-order valence-electron chi connectivity index (χ4n) is 1.57. The number of nitrogens with two attached hydrogens (primary N) is 1. The number of pyridine rings is 1. The van der Waals surface area contributed by atoms with Crippen LogP contribution in [-0.2, 0) is 10.0 Å². The number of nitrogens with zero attached hydrogens (tertiary/aromatic N) is 1. The van der Waals surface area contributed by atoms with E-state index in [0.29, 0.717) is 11.3 Å². The monoisotopic (exact) mass is 281 g/mol. The van der Waals surface area contributed by atoms with Crippen molar-refractivity contribution in [2.24, 2.45) is 0 Å². The van der Waals surface area contributed by atoms with Gasteiger partial charge in [-0.25, -0.2) is 17.8 Å². The van der Waals surface area contributed by atoms with Crippen LogP contribution in [0, 0.1) is 12.7 Å². The molecule has 0 spiro atoms. The van der Waals surface area contributed by atoms with Crippen molar-refractivity contribution in [2.75, 3.05) is 10.5 Å². The van der Waals surface area contributed by atoms with Gasteiger partial charge >= 0.3 is 0 Å². The van der Waals surface area contributed by atoms with E-state index < -0.39 is 15.8 Å². The Hall–Kier alpha value is -2.15. The molecule has 1 aromatic heterocycles. The van der Waals surface area contributed by atoms with Gasteiger partial charge in [0.25, 0.3) is 10.0 Å². The predicted molar refractivity (Wildman–Crippen MR) is 70.6 cm³/mol. The predicted octanol–water partition coefficient (Wildman–Crippen LogP) is 1.91. The van der Waals surface area contributed by atoms with Crippen LogP contribution in [0.4, 0.5) is 15.9 Å². The summed E-state index contributed by atoms with van der Waals surface area (Å²) in [6.07, 6.45) is 1.34. The Bertz CT molecular complexity index is 699. The molecule has 7 heteroatoms. The highest BCUT2D eigenvalue weighted by Crippen LogP contribution is 2.19. The highest BCUT2D eigenvalue weighted by molar-refractivity contribution is 7.92. The van der Waals surface area contributed by atoms with Crippen molar-refractivity contribution in [3.8, 4) is 0 Å². The standard InChI is InChI=1S/C12H12FN3O2S/c1-8-6-9(13)2-4-11(8)19(17,18)16-12-5-3-10(14)7-15-12/h2-7H,14H2,1H3,(H,15,16). The maximum atomic E-state index is 13.0. The van der Waals surface area contributed by atoms with Gasteiger partial charge in [0, 0.05) is 0 Å². The first-order valence-electron chi connectivity index (χ1n) is 5.39. The van der Waals surface area contributed by atoms with Gasteiger partial charge in [-0.2, -0.15) is 0 Å². The van der Waals surface area contributed by atoms with Crippen LogP contribution in [0.1, 0.15) is 5.56 Å². The Kier molecular flexibility index (Phi) is 3.39. The molecular weight excluding hydrogens is 269 g/mol. The first-order valence-corrected chi connectivity index (χ1v) is 6.87. The Balaban J connectivity index is 2.35. The lowest BCUT2D eigenvalue weighted by Crippen LogP contribution is -2.15. The fraction of sp³-hybridized carbons (Fsp3) is 0.0833. The lowest BCUT2D eigenvalue weighted by molar-refractivity contribution is 0.598. The van der Waals surface area contributed by atoms with Crippen molar-refractivity contribution in [1.29, 1.82) is 0 Å².